The van der Waals surface area contributed by atoms with Gasteiger partial charge in [-0.1, -0.05) is 23.7 Å². The Balaban J connectivity index is 1.15. The van der Waals surface area contributed by atoms with E-state index >= 15 is 0 Å². The van der Waals surface area contributed by atoms with Gasteiger partial charge in [0, 0.05) is 45.2 Å². The van der Waals surface area contributed by atoms with Crippen LogP contribution in [-0.4, -0.2) is 69.0 Å². The van der Waals surface area contributed by atoms with Gasteiger partial charge in [0.15, 0.2) is 10.6 Å². The molecule has 3 heterocycles. The number of aromatic amines is 1. The van der Waals surface area contributed by atoms with Crippen LogP contribution >= 0.6 is 12.2 Å². The first-order valence-electron chi connectivity index (χ1n) is 11.9. The zero-order chi connectivity index (χ0) is 24.8. The van der Waals surface area contributed by atoms with E-state index in [0.717, 1.165) is 24.8 Å². The third-order valence-corrected chi connectivity index (χ3v) is 6.47. The van der Waals surface area contributed by atoms with Crippen molar-refractivity contribution in [2.45, 2.75) is 39.2 Å². The van der Waals surface area contributed by atoms with Crippen LogP contribution in [0.3, 0.4) is 0 Å². The van der Waals surface area contributed by atoms with Gasteiger partial charge in [-0.2, -0.15) is 0 Å². The third kappa shape index (κ3) is 6.43. The van der Waals surface area contributed by atoms with E-state index in [1.165, 1.54) is 0 Å². The number of nitrogens with one attached hydrogen (secondary N) is 2. The Kier molecular flexibility index (Phi) is 8.09. The van der Waals surface area contributed by atoms with Crippen LogP contribution in [0.1, 0.15) is 31.4 Å². The summed E-state index contributed by atoms with van der Waals surface area (Å²) in [6.45, 7) is 5.07. The summed E-state index contributed by atoms with van der Waals surface area (Å²) in [6.07, 6.45) is 2.85. The second kappa shape index (κ2) is 11.4. The molecule has 0 aliphatic carbocycles. The van der Waals surface area contributed by atoms with Gasteiger partial charge in [0.25, 0.3) is 5.56 Å². The monoisotopic (exact) mass is 498 g/mol. The van der Waals surface area contributed by atoms with Crippen LogP contribution in [0.15, 0.2) is 39.6 Å². The average Bonchev–Trinajstić information content (AvgIpc) is 3.25. The van der Waals surface area contributed by atoms with Crippen LogP contribution in [0, 0.1) is 11.7 Å². The number of para-hydroxylation sites is 1. The van der Waals surface area contributed by atoms with Crippen molar-refractivity contribution in [3.05, 3.63) is 51.2 Å². The fourth-order valence-electron chi connectivity index (χ4n) is 4.25. The summed E-state index contributed by atoms with van der Waals surface area (Å²) in [5.41, 5.74) is 0.665. The lowest BCUT2D eigenvalue weighted by molar-refractivity contribution is -0.133. The van der Waals surface area contributed by atoms with Crippen molar-refractivity contribution >= 4 is 40.8 Å². The van der Waals surface area contributed by atoms with Crippen LogP contribution in [0.5, 0.6) is 0 Å². The summed E-state index contributed by atoms with van der Waals surface area (Å²) in [7, 11) is 0. The van der Waals surface area contributed by atoms with E-state index in [1.807, 2.05) is 28.0 Å². The quantitative estimate of drug-likeness (QED) is 0.344. The molecule has 4 rings (SSSR count). The molecule has 2 amide bonds. The van der Waals surface area contributed by atoms with Gasteiger partial charge in [0.05, 0.1) is 17.4 Å². The minimum atomic E-state index is -0.150. The maximum atomic E-state index is 12.7. The van der Waals surface area contributed by atoms with Crippen LogP contribution in [-0.2, 0) is 16.1 Å². The number of amides is 2. The number of hydrogen-bond donors (Lipinski definition) is 2. The van der Waals surface area contributed by atoms with Crippen molar-refractivity contribution < 1.29 is 14.1 Å². The Labute approximate surface area is 207 Å². The highest BCUT2D eigenvalue weighted by atomic mass is 32.1. The van der Waals surface area contributed by atoms with E-state index in [0.29, 0.717) is 60.9 Å². The number of benzene rings is 1. The van der Waals surface area contributed by atoms with E-state index in [2.05, 4.69) is 15.5 Å². The van der Waals surface area contributed by atoms with E-state index < -0.39 is 0 Å². The molecule has 0 radical (unpaired) electrons. The Morgan fingerprint density at radius 1 is 1.14 bits per heavy atom. The third-order valence-electron chi connectivity index (χ3n) is 6.15. The number of aryl methyl sites for hydroxylation is 1. The normalized spacial score (nSPS) is 14.4. The molecular weight excluding hydrogens is 468 g/mol. The van der Waals surface area contributed by atoms with E-state index in [9.17, 15) is 14.4 Å². The SMILES string of the molecule is Cc1cc(NC(=O)CN2CCN(C(=O)CCCCCn3c(=S)[nH]c4ccccc4c3=O)CC2)no1. The summed E-state index contributed by atoms with van der Waals surface area (Å²) in [6, 6.07) is 9.01. The molecule has 0 saturated carbocycles. The van der Waals surface area contributed by atoms with Gasteiger partial charge in [0.1, 0.15) is 5.76 Å². The second-order valence-corrected chi connectivity index (χ2v) is 9.16. The number of hydrogen-bond acceptors (Lipinski definition) is 7. The molecular formula is C24H30N6O4S. The molecule has 1 aliphatic heterocycles. The molecule has 3 aromatic rings. The molecule has 186 valence electrons. The largest absolute Gasteiger partial charge is 0.360 e. The molecule has 0 unspecified atom stereocenters. The summed E-state index contributed by atoms with van der Waals surface area (Å²) < 4.78 is 6.97. The molecule has 2 aromatic heterocycles. The number of unbranched alkanes of at least 4 members (excludes halogenated alkanes) is 2. The topological polar surface area (TPSA) is 116 Å². The molecule has 11 heteroatoms. The first-order chi connectivity index (χ1) is 16.9. The van der Waals surface area contributed by atoms with Crippen LogP contribution in [0.2, 0.25) is 0 Å². The predicted molar refractivity (Wildman–Crippen MR) is 135 cm³/mol. The number of anilines is 1. The number of fused-ring (bicyclic) bond motifs is 1. The highest BCUT2D eigenvalue weighted by Crippen LogP contribution is 2.11. The van der Waals surface area contributed by atoms with Crippen molar-refractivity contribution in [1.29, 1.82) is 0 Å². The fraction of sp³-hybridized carbons (Fsp3) is 0.458. The van der Waals surface area contributed by atoms with Crippen molar-refractivity contribution in [3.63, 3.8) is 0 Å². The summed E-state index contributed by atoms with van der Waals surface area (Å²) >= 11 is 5.35. The minimum Gasteiger partial charge on any atom is -0.360 e. The lowest BCUT2D eigenvalue weighted by atomic mass is 10.1. The van der Waals surface area contributed by atoms with Crippen molar-refractivity contribution in [2.24, 2.45) is 0 Å². The minimum absolute atomic E-state index is 0.0804. The highest BCUT2D eigenvalue weighted by Gasteiger charge is 2.22. The maximum Gasteiger partial charge on any atom is 0.262 e. The number of rotatable bonds is 9. The number of carbonyl (C=O) groups is 2. The lowest BCUT2D eigenvalue weighted by Crippen LogP contribution is -2.50. The van der Waals surface area contributed by atoms with Crippen LogP contribution in [0.25, 0.3) is 10.9 Å². The smallest absolute Gasteiger partial charge is 0.262 e. The van der Waals surface area contributed by atoms with Crippen molar-refractivity contribution in [3.8, 4) is 0 Å². The van der Waals surface area contributed by atoms with Gasteiger partial charge in [-0.05, 0) is 44.1 Å². The number of carbonyl (C=O) groups excluding carboxylic acids is 2. The molecule has 1 aliphatic rings. The van der Waals surface area contributed by atoms with E-state index in [-0.39, 0.29) is 23.9 Å². The van der Waals surface area contributed by atoms with Crippen molar-refractivity contribution in [1.82, 2.24) is 24.5 Å². The van der Waals surface area contributed by atoms with E-state index in [1.54, 1.807) is 23.6 Å². The Morgan fingerprint density at radius 3 is 2.66 bits per heavy atom. The second-order valence-electron chi connectivity index (χ2n) is 8.77. The number of nitrogens with zero attached hydrogens (tertiary/aromatic N) is 4. The van der Waals surface area contributed by atoms with Gasteiger partial charge in [-0.3, -0.25) is 23.9 Å². The lowest BCUT2D eigenvalue weighted by Gasteiger charge is -2.34. The first-order valence-corrected chi connectivity index (χ1v) is 12.3. The standard InChI is InChI=1S/C24H30N6O4S/c1-17-15-20(27-34-17)26-21(31)16-28-11-13-29(14-12-28)22(32)9-3-2-6-10-30-23(33)18-7-4-5-8-19(18)25-24(30)35/h4-5,7-8,15H,2-3,6,9-14,16H2,1H3,(H,25,35)(H,26,27,31). The Bertz CT molecular complexity index is 1310. The molecule has 1 saturated heterocycles. The average molecular weight is 499 g/mol. The van der Waals surface area contributed by atoms with Gasteiger partial charge < -0.3 is 19.7 Å². The van der Waals surface area contributed by atoms with Crippen molar-refractivity contribution in [2.75, 3.05) is 38.0 Å². The van der Waals surface area contributed by atoms with E-state index in [4.69, 9.17) is 16.7 Å². The Hall–Kier alpha value is -3.31. The zero-order valence-corrected chi connectivity index (χ0v) is 20.6. The fourth-order valence-corrected chi connectivity index (χ4v) is 4.53. The summed E-state index contributed by atoms with van der Waals surface area (Å²) in [5.74, 6) is 1.03. The number of piperazine rings is 1. The molecule has 2 N–H and O–H groups in total. The summed E-state index contributed by atoms with van der Waals surface area (Å²) in [5, 5.41) is 7.10. The van der Waals surface area contributed by atoms with Crippen LogP contribution in [0.4, 0.5) is 5.82 Å². The first kappa shape index (κ1) is 24.8. The maximum absolute atomic E-state index is 12.7. The molecule has 0 atom stereocenters. The molecule has 0 spiro atoms. The molecule has 10 nitrogen and oxygen atoms in total. The van der Waals surface area contributed by atoms with Gasteiger partial charge in [-0.15, -0.1) is 0 Å². The molecule has 1 fully saturated rings. The molecule has 0 bridgehead atoms. The Morgan fingerprint density at radius 2 is 1.91 bits per heavy atom. The molecule has 1 aromatic carbocycles. The number of aromatic nitrogens is 3. The zero-order valence-electron chi connectivity index (χ0n) is 19.8. The number of H-pyrrole nitrogens is 1. The van der Waals surface area contributed by atoms with Gasteiger partial charge in [0.2, 0.25) is 11.8 Å². The van der Waals surface area contributed by atoms with Crippen LogP contribution < -0.4 is 10.9 Å². The van der Waals surface area contributed by atoms with Gasteiger partial charge in [-0.25, -0.2) is 0 Å². The highest BCUT2D eigenvalue weighted by molar-refractivity contribution is 7.71. The predicted octanol–water partition coefficient (Wildman–Crippen LogP) is 2.70. The van der Waals surface area contributed by atoms with Gasteiger partial charge >= 0.3 is 0 Å². The summed E-state index contributed by atoms with van der Waals surface area (Å²) in [4.78, 5) is 44.5. The molecule has 35 heavy (non-hydrogen) atoms.